The van der Waals surface area contributed by atoms with Crippen LogP contribution in [0.15, 0.2) is 0 Å². The Hall–Kier alpha value is -0.610. The van der Waals surface area contributed by atoms with E-state index >= 15 is 0 Å². The topological polar surface area (TPSA) is 72.5 Å². The predicted molar refractivity (Wildman–Crippen MR) is 43.8 cm³/mol. The van der Waals surface area contributed by atoms with E-state index in [9.17, 15) is 4.79 Å². The van der Waals surface area contributed by atoms with Gasteiger partial charge in [-0.1, -0.05) is 0 Å². The summed E-state index contributed by atoms with van der Waals surface area (Å²) < 4.78 is 5.08. The van der Waals surface area contributed by atoms with Gasteiger partial charge in [0.15, 0.2) is 0 Å². The maximum absolute atomic E-state index is 10.5. The van der Waals surface area contributed by atoms with Crippen molar-refractivity contribution in [3.05, 3.63) is 0 Å². The number of carboxylic acid groups (broad SMARTS) is 1. The van der Waals surface area contributed by atoms with E-state index in [1.807, 2.05) is 0 Å². The molecule has 1 aliphatic rings. The molecule has 70 valence electrons. The van der Waals surface area contributed by atoms with Gasteiger partial charge in [-0.3, -0.25) is 4.79 Å². The van der Waals surface area contributed by atoms with E-state index in [2.05, 4.69) is 0 Å². The molecule has 3 N–H and O–H groups in total. The van der Waals surface area contributed by atoms with Crippen LogP contribution in [0, 0.1) is 5.41 Å². The molecule has 0 aromatic carbocycles. The number of carbonyl (C=O) groups is 1. The van der Waals surface area contributed by atoms with Crippen molar-refractivity contribution in [1.29, 1.82) is 0 Å². The number of hydrogen-bond acceptors (Lipinski definition) is 3. The maximum atomic E-state index is 10.5. The Morgan fingerprint density at radius 2 is 2.33 bits per heavy atom. The summed E-state index contributed by atoms with van der Waals surface area (Å²) in [5.74, 6) is -0.769. The van der Waals surface area contributed by atoms with Crippen LogP contribution in [0.3, 0.4) is 0 Å². The van der Waals surface area contributed by atoms with E-state index in [-0.39, 0.29) is 17.9 Å². The van der Waals surface area contributed by atoms with Crippen molar-refractivity contribution in [3.63, 3.8) is 0 Å². The molecule has 0 radical (unpaired) electrons. The van der Waals surface area contributed by atoms with Crippen LogP contribution in [0.4, 0.5) is 0 Å². The summed E-state index contributed by atoms with van der Waals surface area (Å²) in [5, 5.41) is 8.61. The monoisotopic (exact) mass is 173 g/mol. The molecule has 1 fully saturated rings. The molecule has 1 aliphatic carbocycles. The summed E-state index contributed by atoms with van der Waals surface area (Å²) in [7, 11) is 1.64. The van der Waals surface area contributed by atoms with E-state index in [1.165, 1.54) is 0 Å². The lowest BCUT2D eigenvalue weighted by atomic mass is 9.65. The van der Waals surface area contributed by atoms with Crippen molar-refractivity contribution in [1.82, 2.24) is 0 Å². The Bertz CT molecular complexity index is 175. The Kier molecular flexibility index (Phi) is 2.69. The first-order valence-electron chi connectivity index (χ1n) is 4.06. The molecule has 0 saturated heterocycles. The van der Waals surface area contributed by atoms with E-state index in [1.54, 1.807) is 7.11 Å². The highest BCUT2D eigenvalue weighted by molar-refractivity contribution is 5.68. The van der Waals surface area contributed by atoms with Crippen LogP contribution in [0.25, 0.3) is 0 Å². The summed E-state index contributed by atoms with van der Waals surface area (Å²) >= 11 is 0. The third kappa shape index (κ3) is 1.76. The van der Waals surface area contributed by atoms with Crippen LogP contribution in [-0.4, -0.2) is 30.8 Å². The fourth-order valence-electron chi connectivity index (χ4n) is 1.78. The molecule has 4 heteroatoms. The third-order valence-electron chi connectivity index (χ3n) is 2.61. The molecule has 0 amide bonds. The van der Waals surface area contributed by atoms with Gasteiger partial charge in [-0.2, -0.15) is 0 Å². The second kappa shape index (κ2) is 3.41. The van der Waals surface area contributed by atoms with E-state index in [0.717, 1.165) is 12.8 Å². The van der Waals surface area contributed by atoms with Gasteiger partial charge in [-0.15, -0.1) is 0 Å². The first-order chi connectivity index (χ1) is 5.62. The molecule has 0 aromatic heterocycles. The molecule has 12 heavy (non-hydrogen) atoms. The Balaban J connectivity index is 2.41. The van der Waals surface area contributed by atoms with Gasteiger partial charge in [-0.05, 0) is 24.8 Å². The minimum absolute atomic E-state index is 0.170. The number of ether oxygens (including phenoxy) is 1. The smallest absolute Gasteiger partial charge is 0.303 e. The molecular weight excluding hydrogens is 158 g/mol. The van der Waals surface area contributed by atoms with Crippen molar-refractivity contribution < 1.29 is 14.6 Å². The van der Waals surface area contributed by atoms with Crippen LogP contribution in [-0.2, 0) is 9.53 Å². The van der Waals surface area contributed by atoms with Gasteiger partial charge in [-0.25, -0.2) is 0 Å². The lowest BCUT2D eigenvalue weighted by Crippen LogP contribution is -2.48. The SMILES string of the molecule is COC1CC(CN)(CC(=O)O)C1. The van der Waals surface area contributed by atoms with Gasteiger partial charge in [0.05, 0.1) is 12.5 Å². The first kappa shape index (κ1) is 9.48. The minimum atomic E-state index is -0.769. The molecule has 0 spiro atoms. The standard InChI is InChI=1S/C8H15NO3/c1-12-6-2-8(3-6,5-9)4-7(10)11/h6H,2-5,9H2,1H3,(H,10,11). The average molecular weight is 173 g/mol. The lowest BCUT2D eigenvalue weighted by Gasteiger charge is -2.45. The van der Waals surface area contributed by atoms with Gasteiger partial charge in [0.25, 0.3) is 0 Å². The Morgan fingerprint density at radius 1 is 1.75 bits per heavy atom. The van der Waals surface area contributed by atoms with E-state index < -0.39 is 5.97 Å². The zero-order valence-electron chi connectivity index (χ0n) is 7.25. The molecule has 0 atom stereocenters. The van der Waals surface area contributed by atoms with E-state index in [0.29, 0.717) is 6.54 Å². The van der Waals surface area contributed by atoms with Crippen molar-refractivity contribution >= 4 is 5.97 Å². The fourth-order valence-corrected chi connectivity index (χ4v) is 1.78. The van der Waals surface area contributed by atoms with Crippen molar-refractivity contribution in [2.24, 2.45) is 11.1 Å². The fraction of sp³-hybridized carbons (Fsp3) is 0.875. The molecule has 1 rings (SSSR count). The quantitative estimate of drug-likeness (QED) is 0.637. The summed E-state index contributed by atoms with van der Waals surface area (Å²) in [5.41, 5.74) is 5.33. The predicted octanol–water partition coefficient (Wildman–Crippen LogP) is 0.215. The number of aliphatic carboxylic acids is 1. The van der Waals surface area contributed by atoms with Crippen LogP contribution >= 0.6 is 0 Å². The number of carboxylic acids is 1. The summed E-state index contributed by atoms with van der Waals surface area (Å²) in [6.07, 6.45) is 1.95. The molecule has 4 nitrogen and oxygen atoms in total. The van der Waals surface area contributed by atoms with Gasteiger partial charge < -0.3 is 15.6 Å². The van der Waals surface area contributed by atoms with Gasteiger partial charge in [0, 0.05) is 7.11 Å². The van der Waals surface area contributed by atoms with Gasteiger partial charge in [0.1, 0.15) is 0 Å². The molecule has 1 saturated carbocycles. The summed E-state index contributed by atoms with van der Waals surface area (Å²) in [4.78, 5) is 10.5. The molecule has 0 unspecified atom stereocenters. The first-order valence-corrected chi connectivity index (χ1v) is 4.06. The minimum Gasteiger partial charge on any atom is -0.481 e. The second-order valence-corrected chi connectivity index (χ2v) is 3.54. The van der Waals surface area contributed by atoms with Crippen molar-refractivity contribution in [2.45, 2.75) is 25.4 Å². The van der Waals surface area contributed by atoms with Crippen LogP contribution in [0.2, 0.25) is 0 Å². The van der Waals surface area contributed by atoms with Gasteiger partial charge in [0.2, 0.25) is 0 Å². The second-order valence-electron chi connectivity index (χ2n) is 3.54. The van der Waals surface area contributed by atoms with Crippen LogP contribution in [0.1, 0.15) is 19.3 Å². The lowest BCUT2D eigenvalue weighted by molar-refractivity contribution is -0.145. The molecular formula is C8H15NO3. The highest BCUT2D eigenvalue weighted by atomic mass is 16.5. The number of nitrogens with two attached hydrogens (primary N) is 1. The average Bonchev–Trinajstić information content (AvgIpc) is 1.95. The largest absolute Gasteiger partial charge is 0.481 e. The zero-order valence-corrected chi connectivity index (χ0v) is 7.25. The molecule has 0 bridgehead atoms. The summed E-state index contributed by atoms with van der Waals surface area (Å²) in [6.45, 7) is 0.444. The van der Waals surface area contributed by atoms with Crippen LogP contribution in [0.5, 0.6) is 0 Å². The van der Waals surface area contributed by atoms with Crippen molar-refractivity contribution in [3.8, 4) is 0 Å². The van der Waals surface area contributed by atoms with Crippen molar-refractivity contribution in [2.75, 3.05) is 13.7 Å². The number of methoxy groups -OCH3 is 1. The maximum Gasteiger partial charge on any atom is 0.303 e. The Morgan fingerprint density at radius 3 is 2.67 bits per heavy atom. The van der Waals surface area contributed by atoms with Crippen LogP contribution < -0.4 is 5.73 Å². The normalized spacial score (nSPS) is 34.3. The molecule has 0 aliphatic heterocycles. The van der Waals surface area contributed by atoms with E-state index in [4.69, 9.17) is 15.6 Å². The third-order valence-corrected chi connectivity index (χ3v) is 2.61. The number of hydrogen-bond donors (Lipinski definition) is 2. The number of rotatable bonds is 4. The highest BCUT2D eigenvalue weighted by Gasteiger charge is 2.44. The van der Waals surface area contributed by atoms with Gasteiger partial charge >= 0.3 is 5.97 Å². The molecule has 0 heterocycles. The Labute approximate surface area is 71.7 Å². The highest BCUT2D eigenvalue weighted by Crippen LogP contribution is 2.44. The summed E-state index contributed by atoms with van der Waals surface area (Å²) in [6, 6.07) is 0. The zero-order chi connectivity index (χ0) is 9.19. The molecule has 0 aromatic rings.